The molecule has 0 aliphatic carbocycles. The Morgan fingerprint density at radius 1 is 1.70 bits per heavy atom. The minimum Gasteiger partial charge on any atom is -0.381 e. The van der Waals surface area contributed by atoms with Crippen molar-refractivity contribution in [2.24, 2.45) is 0 Å². The molecule has 52 valence electrons. The first-order valence-electron chi connectivity index (χ1n) is 2.65. The van der Waals surface area contributed by atoms with Crippen molar-refractivity contribution in [2.45, 2.75) is 0 Å². The molecule has 3 N–H and O–H groups in total. The highest BCUT2D eigenvalue weighted by Crippen LogP contribution is 2.06. The third kappa shape index (κ3) is 1.19. The fraction of sp³-hybridized carbons (Fsp3) is 0. The Labute approximate surface area is 58.0 Å². The largest absolute Gasteiger partial charge is 0.381 e. The summed E-state index contributed by atoms with van der Waals surface area (Å²) in [5.41, 5.74) is 5.38. The van der Waals surface area contributed by atoms with Crippen LogP contribution in [-0.4, -0.2) is 15.2 Å². The third-order valence-corrected chi connectivity index (χ3v) is 0.888. The van der Waals surface area contributed by atoms with E-state index < -0.39 is 0 Å². The molecule has 0 spiro atoms. The number of nitrogen functional groups attached to an aromatic ring is 1. The van der Waals surface area contributed by atoms with Crippen molar-refractivity contribution in [1.82, 2.24) is 15.2 Å². The molecule has 0 bridgehead atoms. The van der Waals surface area contributed by atoms with Crippen LogP contribution >= 0.6 is 0 Å². The van der Waals surface area contributed by atoms with E-state index in [2.05, 4.69) is 27.1 Å². The standard InChI is InChI=1S/C5H7N5/c1-2-7-5-4(6)8-3-9-10-5/h2-3H,1H2,(H,7,10)(H2,6,8,9). The summed E-state index contributed by atoms with van der Waals surface area (Å²) < 4.78 is 0. The number of rotatable bonds is 2. The number of aromatic nitrogens is 3. The molecule has 0 saturated carbocycles. The first-order valence-corrected chi connectivity index (χ1v) is 2.65. The lowest BCUT2D eigenvalue weighted by Crippen LogP contribution is -2.01. The molecule has 5 heteroatoms. The van der Waals surface area contributed by atoms with Gasteiger partial charge in [-0.15, -0.1) is 10.2 Å². The van der Waals surface area contributed by atoms with Crippen LogP contribution in [0.5, 0.6) is 0 Å². The Balaban J connectivity index is 2.91. The van der Waals surface area contributed by atoms with E-state index in [0.717, 1.165) is 0 Å². The van der Waals surface area contributed by atoms with Gasteiger partial charge in [0.05, 0.1) is 0 Å². The van der Waals surface area contributed by atoms with Gasteiger partial charge in [-0.2, -0.15) is 0 Å². The molecule has 5 nitrogen and oxygen atoms in total. The van der Waals surface area contributed by atoms with Gasteiger partial charge >= 0.3 is 0 Å². The molecule has 1 aromatic rings. The van der Waals surface area contributed by atoms with E-state index in [1.54, 1.807) is 0 Å². The monoisotopic (exact) mass is 137 g/mol. The zero-order valence-corrected chi connectivity index (χ0v) is 5.28. The van der Waals surface area contributed by atoms with Crippen molar-refractivity contribution < 1.29 is 0 Å². The third-order valence-electron chi connectivity index (χ3n) is 0.888. The summed E-state index contributed by atoms with van der Waals surface area (Å²) in [5.74, 6) is 0.743. The lowest BCUT2D eigenvalue weighted by molar-refractivity contribution is 0.982. The van der Waals surface area contributed by atoms with Crippen molar-refractivity contribution in [3.63, 3.8) is 0 Å². The van der Waals surface area contributed by atoms with E-state index in [1.807, 2.05) is 0 Å². The smallest absolute Gasteiger partial charge is 0.195 e. The van der Waals surface area contributed by atoms with Crippen LogP contribution in [0, 0.1) is 0 Å². The highest BCUT2D eigenvalue weighted by molar-refractivity contribution is 5.55. The van der Waals surface area contributed by atoms with Crippen LogP contribution in [0.1, 0.15) is 0 Å². The lowest BCUT2D eigenvalue weighted by atomic mass is 10.6. The van der Waals surface area contributed by atoms with Crippen LogP contribution in [0.2, 0.25) is 0 Å². The van der Waals surface area contributed by atoms with Gasteiger partial charge in [-0.1, -0.05) is 6.58 Å². The van der Waals surface area contributed by atoms with Crippen molar-refractivity contribution in [3.8, 4) is 0 Å². The topological polar surface area (TPSA) is 76.7 Å². The fourth-order valence-electron chi connectivity index (χ4n) is 0.483. The maximum atomic E-state index is 5.38. The predicted molar refractivity (Wildman–Crippen MR) is 38.1 cm³/mol. The van der Waals surface area contributed by atoms with E-state index in [-0.39, 0.29) is 0 Å². The number of nitrogens with one attached hydrogen (secondary N) is 1. The maximum Gasteiger partial charge on any atom is 0.195 e. The SMILES string of the molecule is C=CNc1nncnc1N. The molecule has 10 heavy (non-hydrogen) atoms. The first-order chi connectivity index (χ1) is 4.84. The van der Waals surface area contributed by atoms with E-state index in [9.17, 15) is 0 Å². The quantitative estimate of drug-likeness (QED) is 0.600. The lowest BCUT2D eigenvalue weighted by Gasteiger charge is -1.98. The Morgan fingerprint density at radius 3 is 3.10 bits per heavy atom. The summed E-state index contributed by atoms with van der Waals surface area (Å²) in [7, 11) is 0. The summed E-state index contributed by atoms with van der Waals surface area (Å²) in [5, 5.41) is 9.84. The van der Waals surface area contributed by atoms with E-state index in [1.165, 1.54) is 12.5 Å². The summed E-state index contributed by atoms with van der Waals surface area (Å²) in [4.78, 5) is 3.69. The summed E-state index contributed by atoms with van der Waals surface area (Å²) >= 11 is 0. The second-order valence-corrected chi connectivity index (χ2v) is 1.54. The molecule has 0 aromatic carbocycles. The minimum atomic E-state index is 0.315. The van der Waals surface area contributed by atoms with Gasteiger partial charge in [-0.05, 0) is 6.20 Å². The molecule has 0 atom stereocenters. The fourth-order valence-corrected chi connectivity index (χ4v) is 0.483. The molecule has 0 aliphatic heterocycles. The molecule has 0 saturated heterocycles. The molecule has 0 fully saturated rings. The molecule has 0 amide bonds. The van der Waals surface area contributed by atoms with Crippen LogP contribution in [0.3, 0.4) is 0 Å². The molecule has 0 unspecified atom stereocenters. The van der Waals surface area contributed by atoms with E-state index in [0.29, 0.717) is 11.6 Å². The average Bonchev–Trinajstić information content (AvgIpc) is 1.94. The van der Waals surface area contributed by atoms with E-state index >= 15 is 0 Å². The summed E-state index contributed by atoms with van der Waals surface area (Å²) in [6.45, 7) is 3.43. The van der Waals surface area contributed by atoms with E-state index in [4.69, 9.17) is 5.73 Å². The molecule has 1 rings (SSSR count). The number of nitrogens with two attached hydrogens (primary N) is 1. The minimum absolute atomic E-state index is 0.315. The van der Waals surface area contributed by atoms with Crippen molar-refractivity contribution >= 4 is 11.6 Å². The van der Waals surface area contributed by atoms with Crippen LogP contribution in [-0.2, 0) is 0 Å². The van der Waals surface area contributed by atoms with Gasteiger partial charge in [-0.25, -0.2) is 4.98 Å². The van der Waals surface area contributed by atoms with Gasteiger partial charge in [-0.3, -0.25) is 0 Å². The second kappa shape index (κ2) is 2.77. The highest BCUT2D eigenvalue weighted by atomic mass is 15.2. The average molecular weight is 137 g/mol. The highest BCUT2D eigenvalue weighted by Gasteiger charge is 1.95. The van der Waals surface area contributed by atoms with Crippen LogP contribution in [0.15, 0.2) is 19.1 Å². The molecule has 1 aromatic heterocycles. The van der Waals surface area contributed by atoms with Crippen LogP contribution < -0.4 is 11.1 Å². The van der Waals surface area contributed by atoms with Gasteiger partial charge in [0.25, 0.3) is 0 Å². The zero-order valence-electron chi connectivity index (χ0n) is 5.28. The summed E-state index contributed by atoms with van der Waals surface area (Å²) in [6.07, 6.45) is 2.74. The van der Waals surface area contributed by atoms with Gasteiger partial charge < -0.3 is 11.1 Å². The van der Waals surface area contributed by atoms with Crippen LogP contribution in [0.4, 0.5) is 11.6 Å². The first kappa shape index (κ1) is 6.47. The Bertz CT molecular complexity index is 233. The summed E-state index contributed by atoms with van der Waals surface area (Å²) in [6, 6.07) is 0. The Morgan fingerprint density at radius 2 is 2.50 bits per heavy atom. The Kier molecular flexibility index (Phi) is 1.79. The van der Waals surface area contributed by atoms with Crippen LogP contribution in [0.25, 0.3) is 0 Å². The number of anilines is 2. The van der Waals surface area contributed by atoms with Crippen molar-refractivity contribution in [1.29, 1.82) is 0 Å². The number of hydrogen-bond donors (Lipinski definition) is 2. The predicted octanol–water partition coefficient (Wildman–Crippen LogP) is 0.00920. The van der Waals surface area contributed by atoms with Crippen molar-refractivity contribution in [2.75, 3.05) is 11.1 Å². The second-order valence-electron chi connectivity index (χ2n) is 1.54. The van der Waals surface area contributed by atoms with Gasteiger partial charge in [0.1, 0.15) is 6.33 Å². The molecular weight excluding hydrogens is 130 g/mol. The number of hydrogen-bond acceptors (Lipinski definition) is 5. The molecule has 0 radical (unpaired) electrons. The molecular formula is C5H7N5. The number of nitrogens with zero attached hydrogens (tertiary/aromatic N) is 3. The van der Waals surface area contributed by atoms with Crippen molar-refractivity contribution in [3.05, 3.63) is 19.1 Å². The maximum absolute atomic E-state index is 5.38. The normalized spacial score (nSPS) is 8.80. The molecule has 0 aliphatic rings. The van der Waals surface area contributed by atoms with Gasteiger partial charge in [0.15, 0.2) is 11.6 Å². The Hall–Kier alpha value is -1.65. The van der Waals surface area contributed by atoms with Gasteiger partial charge in [0, 0.05) is 0 Å². The zero-order chi connectivity index (χ0) is 7.40. The van der Waals surface area contributed by atoms with Gasteiger partial charge in [0.2, 0.25) is 0 Å². The molecule has 1 heterocycles.